The van der Waals surface area contributed by atoms with Crippen LogP contribution in [0.5, 0.6) is 5.75 Å². The zero-order valence-electron chi connectivity index (χ0n) is 12.2. The minimum Gasteiger partial charge on any atom is -0.497 e. The first-order chi connectivity index (χ1) is 10.7. The summed E-state index contributed by atoms with van der Waals surface area (Å²) in [5.41, 5.74) is 9.87. The van der Waals surface area contributed by atoms with Crippen molar-refractivity contribution in [1.82, 2.24) is 4.57 Å². The van der Waals surface area contributed by atoms with E-state index in [1.807, 2.05) is 54.7 Å². The summed E-state index contributed by atoms with van der Waals surface area (Å²) in [7, 11) is 1.66. The minimum absolute atomic E-state index is 0.0233. The van der Waals surface area contributed by atoms with Gasteiger partial charge in [0.25, 0.3) is 0 Å². The van der Waals surface area contributed by atoms with Crippen LogP contribution in [0.15, 0.2) is 59.8 Å². The largest absolute Gasteiger partial charge is 0.497 e. The number of rotatable bonds is 4. The van der Waals surface area contributed by atoms with E-state index < -0.39 is 0 Å². The third kappa shape index (κ3) is 2.61. The van der Waals surface area contributed by atoms with E-state index in [0.717, 1.165) is 23.2 Å². The molecule has 0 unspecified atom stereocenters. The SMILES string of the molecule is COc1ccc(Cn2ccc3cc(C(=N)N=N)ccc32)cc1. The maximum atomic E-state index is 7.61. The lowest BCUT2D eigenvalue weighted by molar-refractivity contribution is 0.414. The van der Waals surface area contributed by atoms with Gasteiger partial charge in [-0.05, 0) is 42.0 Å². The molecule has 2 aromatic carbocycles. The fraction of sp³-hybridized carbons (Fsp3) is 0.118. The molecule has 0 aliphatic heterocycles. The molecule has 0 saturated carbocycles. The van der Waals surface area contributed by atoms with Crippen molar-refractivity contribution >= 4 is 16.7 Å². The molecule has 0 fully saturated rings. The Morgan fingerprint density at radius 3 is 2.59 bits per heavy atom. The number of hydrogen-bond donors (Lipinski definition) is 2. The van der Waals surface area contributed by atoms with Gasteiger partial charge in [-0.3, -0.25) is 5.41 Å². The van der Waals surface area contributed by atoms with E-state index in [0.29, 0.717) is 5.56 Å². The molecule has 0 amide bonds. The first kappa shape index (κ1) is 14.0. The van der Waals surface area contributed by atoms with Gasteiger partial charge in [0.1, 0.15) is 5.75 Å². The van der Waals surface area contributed by atoms with Crippen LogP contribution in [0.25, 0.3) is 10.9 Å². The molecule has 0 aliphatic rings. The van der Waals surface area contributed by atoms with Crippen LogP contribution in [0, 0.1) is 10.9 Å². The van der Waals surface area contributed by atoms with Gasteiger partial charge in [0, 0.05) is 29.2 Å². The molecular formula is C17H16N4O. The zero-order chi connectivity index (χ0) is 15.5. The summed E-state index contributed by atoms with van der Waals surface area (Å²) in [4.78, 5) is 0. The third-order valence-corrected chi connectivity index (χ3v) is 3.67. The Bertz CT molecular complexity index is 833. The molecule has 0 radical (unpaired) electrons. The highest BCUT2D eigenvalue weighted by atomic mass is 16.5. The number of fused-ring (bicyclic) bond motifs is 1. The van der Waals surface area contributed by atoms with Gasteiger partial charge in [-0.1, -0.05) is 12.1 Å². The van der Waals surface area contributed by atoms with Crippen LogP contribution >= 0.6 is 0 Å². The van der Waals surface area contributed by atoms with Crippen LogP contribution in [0.2, 0.25) is 0 Å². The summed E-state index contributed by atoms with van der Waals surface area (Å²) >= 11 is 0. The smallest absolute Gasteiger partial charge is 0.173 e. The van der Waals surface area contributed by atoms with Gasteiger partial charge in [0.15, 0.2) is 5.84 Å². The average molecular weight is 292 g/mol. The highest BCUT2D eigenvalue weighted by Gasteiger charge is 2.06. The summed E-state index contributed by atoms with van der Waals surface area (Å²) < 4.78 is 7.32. The second kappa shape index (κ2) is 5.81. The summed E-state index contributed by atoms with van der Waals surface area (Å²) in [6.45, 7) is 0.771. The molecule has 22 heavy (non-hydrogen) atoms. The molecular weight excluding hydrogens is 276 g/mol. The van der Waals surface area contributed by atoms with E-state index in [2.05, 4.69) is 9.68 Å². The Hall–Kier alpha value is -2.95. The Kier molecular flexibility index (Phi) is 3.70. The Labute approximate surface area is 128 Å². The molecule has 3 aromatic rings. The van der Waals surface area contributed by atoms with Crippen LogP contribution in [0.4, 0.5) is 0 Å². The summed E-state index contributed by atoms with van der Waals surface area (Å²) in [6.07, 6.45) is 2.03. The highest BCUT2D eigenvalue weighted by Crippen LogP contribution is 2.20. The van der Waals surface area contributed by atoms with E-state index in [-0.39, 0.29) is 5.84 Å². The van der Waals surface area contributed by atoms with Crippen molar-refractivity contribution in [1.29, 1.82) is 10.9 Å². The number of nitrogens with one attached hydrogen (secondary N) is 2. The normalized spacial score (nSPS) is 10.6. The van der Waals surface area contributed by atoms with Crippen molar-refractivity contribution in [3.8, 4) is 5.75 Å². The Morgan fingerprint density at radius 2 is 1.91 bits per heavy atom. The number of amidine groups is 1. The van der Waals surface area contributed by atoms with E-state index in [1.165, 1.54) is 5.56 Å². The second-order valence-electron chi connectivity index (χ2n) is 5.03. The molecule has 1 heterocycles. The molecule has 0 spiro atoms. The number of methoxy groups -OCH3 is 1. The van der Waals surface area contributed by atoms with Gasteiger partial charge in [-0.15, -0.1) is 5.11 Å². The summed E-state index contributed by atoms with van der Waals surface area (Å²) in [5, 5.41) is 11.8. The summed E-state index contributed by atoms with van der Waals surface area (Å²) in [6, 6.07) is 15.7. The van der Waals surface area contributed by atoms with Crippen LogP contribution in [-0.2, 0) is 6.54 Å². The lowest BCUT2D eigenvalue weighted by Crippen LogP contribution is -1.98. The van der Waals surface area contributed by atoms with Gasteiger partial charge in [0.05, 0.1) is 7.11 Å². The van der Waals surface area contributed by atoms with Gasteiger partial charge in [-0.2, -0.15) is 0 Å². The predicted molar refractivity (Wildman–Crippen MR) is 86.0 cm³/mol. The van der Waals surface area contributed by atoms with Crippen LogP contribution in [0.1, 0.15) is 11.1 Å². The van der Waals surface area contributed by atoms with Crippen molar-refractivity contribution in [2.45, 2.75) is 6.54 Å². The zero-order valence-corrected chi connectivity index (χ0v) is 12.2. The van der Waals surface area contributed by atoms with Crippen molar-refractivity contribution in [3.05, 3.63) is 65.9 Å². The van der Waals surface area contributed by atoms with E-state index >= 15 is 0 Å². The number of aromatic nitrogens is 1. The van der Waals surface area contributed by atoms with E-state index in [4.69, 9.17) is 15.7 Å². The van der Waals surface area contributed by atoms with E-state index in [1.54, 1.807) is 7.11 Å². The molecule has 5 nitrogen and oxygen atoms in total. The number of hydrogen-bond acceptors (Lipinski definition) is 3. The van der Waals surface area contributed by atoms with Gasteiger partial charge >= 0.3 is 0 Å². The topological polar surface area (TPSA) is 74.2 Å². The van der Waals surface area contributed by atoms with Gasteiger partial charge in [0.2, 0.25) is 0 Å². The maximum absolute atomic E-state index is 7.61. The van der Waals surface area contributed by atoms with Crippen molar-refractivity contribution < 1.29 is 4.74 Å². The highest BCUT2D eigenvalue weighted by molar-refractivity contribution is 5.99. The van der Waals surface area contributed by atoms with E-state index in [9.17, 15) is 0 Å². The van der Waals surface area contributed by atoms with Gasteiger partial charge < -0.3 is 9.30 Å². The third-order valence-electron chi connectivity index (χ3n) is 3.67. The first-order valence-corrected chi connectivity index (χ1v) is 6.89. The molecule has 0 aliphatic carbocycles. The standard InChI is InChI=1S/C17H16N4O/c1-22-15-5-2-12(3-6-15)11-21-9-8-13-10-14(17(18)20-19)4-7-16(13)21/h2-10,18-19H,11H2,1H3. The van der Waals surface area contributed by atoms with Crippen LogP contribution in [0.3, 0.4) is 0 Å². The number of nitrogens with zero attached hydrogens (tertiary/aromatic N) is 2. The fourth-order valence-electron chi connectivity index (χ4n) is 2.48. The minimum atomic E-state index is -0.0233. The lowest BCUT2D eigenvalue weighted by atomic mass is 10.1. The van der Waals surface area contributed by atoms with Gasteiger partial charge in [-0.25, -0.2) is 5.53 Å². The van der Waals surface area contributed by atoms with Crippen molar-refractivity contribution in [3.63, 3.8) is 0 Å². The maximum Gasteiger partial charge on any atom is 0.173 e. The van der Waals surface area contributed by atoms with Crippen LogP contribution < -0.4 is 4.74 Å². The molecule has 110 valence electrons. The molecule has 5 heteroatoms. The lowest BCUT2D eigenvalue weighted by Gasteiger charge is -2.07. The second-order valence-corrected chi connectivity index (χ2v) is 5.03. The Balaban J connectivity index is 1.90. The van der Waals surface area contributed by atoms with Crippen molar-refractivity contribution in [2.24, 2.45) is 5.11 Å². The Morgan fingerprint density at radius 1 is 1.14 bits per heavy atom. The van der Waals surface area contributed by atoms with Crippen LogP contribution in [-0.4, -0.2) is 17.5 Å². The number of benzene rings is 2. The first-order valence-electron chi connectivity index (χ1n) is 6.89. The molecule has 2 N–H and O–H groups in total. The molecule has 3 rings (SSSR count). The molecule has 0 bridgehead atoms. The fourth-order valence-corrected chi connectivity index (χ4v) is 2.48. The molecule has 0 atom stereocenters. The van der Waals surface area contributed by atoms with Crippen molar-refractivity contribution in [2.75, 3.05) is 7.11 Å². The monoisotopic (exact) mass is 292 g/mol. The average Bonchev–Trinajstić information content (AvgIpc) is 2.97. The molecule has 1 aromatic heterocycles. The molecule has 0 saturated heterocycles. The number of ether oxygens (including phenoxy) is 1. The summed E-state index contributed by atoms with van der Waals surface area (Å²) in [5.74, 6) is 0.827. The predicted octanol–water partition coefficient (Wildman–Crippen LogP) is 4.05. The quantitative estimate of drug-likeness (QED) is 0.425.